The van der Waals surface area contributed by atoms with E-state index in [1.54, 1.807) is 7.05 Å². The molecule has 1 aromatic carbocycles. The van der Waals surface area contributed by atoms with Crippen LogP contribution < -0.4 is 5.46 Å². The Balaban J connectivity index is 2.18. The molecule has 94 valence electrons. The average molecular weight is 249 g/mol. The zero-order valence-corrected chi connectivity index (χ0v) is 9.83. The Morgan fingerprint density at radius 3 is 2.11 bits per heavy atom. The molecule has 0 amide bonds. The van der Waals surface area contributed by atoms with Gasteiger partial charge in [-0.15, -0.1) is 0 Å². The van der Waals surface area contributed by atoms with E-state index in [1.165, 1.54) is 29.2 Å². The van der Waals surface area contributed by atoms with Crippen LogP contribution in [0, 0.1) is 0 Å². The minimum Gasteiger partial charge on any atom is -0.508 e. The fourth-order valence-electron chi connectivity index (χ4n) is 1.60. The third-order valence-electron chi connectivity index (χ3n) is 2.44. The van der Waals surface area contributed by atoms with Gasteiger partial charge >= 0.3 is 19.1 Å². The summed E-state index contributed by atoms with van der Waals surface area (Å²) in [6, 6.07) is 5.93. The highest BCUT2D eigenvalue weighted by atomic mass is 16.6. The van der Waals surface area contributed by atoms with Gasteiger partial charge in [-0.2, -0.15) is 0 Å². The van der Waals surface area contributed by atoms with Crippen molar-refractivity contribution in [2.24, 2.45) is 0 Å². The highest BCUT2D eigenvalue weighted by Gasteiger charge is 2.33. The second-order valence-corrected chi connectivity index (χ2v) is 4.08. The lowest BCUT2D eigenvalue weighted by molar-refractivity contribution is -0.145. The highest BCUT2D eigenvalue weighted by molar-refractivity contribution is 6.64. The number of aromatic hydroxyl groups is 1. The molecule has 0 unspecified atom stereocenters. The summed E-state index contributed by atoms with van der Waals surface area (Å²) in [4.78, 5) is 24.5. The van der Waals surface area contributed by atoms with Crippen molar-refractivity contribution in [2.75, 3.05) is 20.1 Å². The minimum absolute atomic E-state index is 0.0314. The van der Waals surface area contributed by atoms with E-state index in [2.05, 4.69) is 0 Å². The maximum absolute atomic E-state index is 11.5. The largest absolute Gasteiger partial charge is 0.636 e. The van der Waals surface area contributed by atoms with Crippen LogP contribution in [-0.2, 0) is 18.9 Å². The maximum Gasteiger partial charge on any atom is 0.636 e. The number of hydrogen-bond acceptors (Lipinski definition) is 6. The van der Waals surface area contributed by atoms with Gasteiger partial charge in [0.05, 0.1) is 13.1 Å². The summed E-state index contributed by atoms with van der Waals surface area (Å²) in [5.74, 6) is -0.854. The third-order valence-corrected chi connectivity index (χ3v) is 2.44. The van der Waals surface area contributed by atoms with Crippen LogP contribution in [0.3, 0.4) is 0 Å². The monoisotopic (exact) mass is 249 g/mol. The van der Waals surface area contributed by atoms with E-state index in [1.807, 2.05) is 0 Å². The Bertz CT molecular complexity index is 441. The van der Waals surface area contributed by atoms with Crippen LogP contribution in [-0.4, -0.2) is 49.2 Å². The normalized spacial score (nSPS) is 17.7. The zero-order chi connectivity index (χ0) is 13.1. The van der Waals surface area contributed by atoms with Gasteiger partial charge in [-0.25, -0.2) is 0 Å². The van der Waals surface area contributed by atoms with Gasteiger partial charge in [-0.3, -0.25) is 14.5 Å². The van der Waals surface area contributed by atoms with Crippen LogP contribution in [0.2, 0.25) is 0 Å². The third kappa shape index (κ3) is 3.01. The van der Waals surface area contributed by atoms with E-state index in [-0.39, 0.29) is 18.8 Å². The highest BCUT2D eigenvalue weighted by Crippen LogP contribution is 2.06. The Morgan fingerprint density at radius 2 is 1.61 bits per heavy atom. The Labute approximate surface area is 104 Å². The lowest BCUT2D eigenvalue weighted by atomic mass is 9.78. The number of carbonyl (C=O) groups is 2. The van der Waals surface area contributed by atoms with Gasteiger partial charge in [0.25, 0.3) is 0 Å². The number of hydrogen-bond donors (Lipinski definition) is 1. The number of phenolic OH excluding ortho intramolecular Hbond substituents is 1. The van der Waals surface area contributed by atoms with Crippen LogP contribution in [0.1, 0.15) is 0 Å². The average Bonchev–Trinajstić information content (AvgIpc) is 2.26. The number of carbonyl (C=O) groups excluding carboxylic acids is 2. The van der Waals surface area contributed by atoms with E-state index < -0.39 is 19.1 Å². The summed E-state index contributed by atoms with van der Waals surface area (Å²) in [5, 5.41) is 9.17. The summed E-state index contributed by atoms with van der Waals surface area (Å²) in [6.45, 7) is 0.0629. The van der Waals surface area contributed by atoms with Gasteiger partial charge in [0.15, 0.2) is 0 Å². The predicted octanol–water partition coefficient (Wildman–Crippen LogP) is -0.881. The molecular weight excluding hydrogens is 237 g/mol. The van der Waals surface area contributed by atoms with Crippen molar-refractivity contribution in [1.82, 2.24) is 4.90 Å². The second kappa shape index (κ2) is 5.09. The molecule has 1 aliphatic rings. The van der Waals surface area contributed by atoms with Crippen molar-refractivity contribution < 1.29 is 24.0 Å². The summed E-state index contributed by atoms with van der Waals surface area (Å²) in [6.07, 6.45) is 0. The summed E-state index contributed by atoms with van der Waals surface area (Å²) in [7, 11) is 0.572. The van der Waals surface area contributed by atoms with Crippen LogP contribution in [0.5, 0.6) is 5.75 Å². The van der Waals surface area contributed by atoms with Gasteiger partial charge < -0.3 is 14.4 Å². The van der Waals surface area contributed by atoms with Crippen LogP contribution in [0.4, 0.5) is 0 Å². The van der Waals surface area contributed by atoms with E-state index in [0.717, 1.165) is 0 Å². The molecule has 1 saturated heterocycles. The quantitative estimate of drug-likeness (QED) is 0.651. The molecule has 0 atom stereocenters. The molecule has 0 bridgehead atoms. The topological polar surface area (TPSA) is 76.1 Å². The molecule has 0 aliphatic carbocycles. The predicted molar refractivity (Wildman–Crippen MR) is 63.2 cm³/mol. The molecule has 1 aliphatic heterocycles. The van der Waals surface area contributed by atoms with E-state index in [9.17, 15) is 14.7 Å². The SMILES string of the molecule is CN1CC(=O)OB(c2ccc(O)cc2)OC(=O)C1. The lowest BCUT2D eigenvalue weighted by Gasteiger charge is -2.22. The van der Waals surface area contributed by atoms with Crippen LogP contribution in [0.25, 0.3) is 0 Å². The van der Waals surface area contributed by atoms with Crippen molar-refractivity contribution in [3.05, 3.63) is 24.3 Å². The molecule has 1 fully saturated rings. The molecule has 0 spiro atoms. The van der Waals surface area contributed by atoms with Gasteiger partial charge in [0, 0.05) is 5.46 Å². The van der Waals surface area contributed by atoms with E-state index in [0.29, 0.717) is 5.46 Å². The number of benzene rings is 1. The van der Waals surface area contributed by atoms with Crippen molar-refractivity contribution >= 4 is 24.5 Å². The van der Waals surface area contributed by atoms with Gasteiger partial charge in [-0.1, -0.05) is 12.1 Å². The fraction of sp³-hybridized carbons (Fsp3) is 0.273. The molecule has 18 heavy (non-hydrogen) atoms. The van der Waals surface area contributed by atoms with Crippen LogP contribution in [0.15, 0.2) is 24.3 Å². The zero-order valence-electron chi connectivity index (χ0n) is 9.83. The van der Waals surface area contributed by atoms with Crippen LogP contribution >= 0.6 is 0 Å². The summed E-state index contributed by atoms with van der Waals surface area (Å²) in [5.41, 5.74) is 0.499. The summed E-state index contributed by atoms with van der Waals surface area (Å²) >= 11 is 0. The van der Waals surface area contributed by atoms with Crippen molar-refractivity contribution in [3.8, 4) is 5.75 Å². The Kier molecular flexibility index (Phi) is 3.52. The molecule has 1 aromatic rings. The number of rotatable bonds is 1. The molecule has 2 rings (SSSR count). The molecule has 0 saturated carbocycles. The first kappa shape index (κ1) is 12.4. The number of phenols is 1. The lowest BCUT2D eigenvalue weighted by Crippen LogP contribution is -2.47. The van der Waals surface area contributed by atoms with E-state index in [4.69, 9.17) is 9.31 Å². The molecular formula is C11H12BNO5. The molecule has 6 nitrogen and oxygen atoms in total. The summed E-state index contributed by atoms with van der Waals surface area (Å²) < 4.78 is 10.1. The van der Waals surface area contributed by atoms with Crippen molar-refractivity contribution in [1.29, 1.82) is 0 Å². The first-order valence-corrected chi connectivity index (χ1v) is 5.41. The smallest absolute Gasteiger partial charge is 0.508 e. The first-order valence-electron chi connectivity index (χ1n) is 5.41. The maximum atomic E-state index is 11.5. The molecule has 0 aromatic heterocycles. The standard InChI is InChI=1S/C11H12BNO5/c1-13-6-10(15)17-12(18-11(16)7-13)8-2-4-9(14)5-3-8/h2-5,14H,6-7H2,1H3. The minimum atomic E-state index is -1.06. The molecule has 7 heteroatoms. The van der Waals surface area contributed by atoms with Crippen molar-refractivity contribution in [2.45, 2.75) is 0 Å². The Morgan fingerprint density at radius 1 is 1.11 bits per heavy atom. The van der Waals surface area contributed by atoms with Gasteiger partial charge in [-0.05, 0) is 19.2 Å². The molecule has 1 heterocycles. The van der Waals surface area contributed by atoms with Gasteiger partial charge in [0.1, 0.15) is 5.75 Å². The number of likely N-dealkylation sites (N-methyl/N-ethyl adjacent to an activating group) is 1. The van der Waals surface area contributed by atoms with E-state index >= 15 is 0 Å². The van der Waals surface area contributed by atoms with Gasteiger partial charge in [0.2, 0.25) is 0 Å². The second-order valence-electron chi connectivity index (χ2n) is 4.08. The number of nitrogens with zero attached hydrogens (tertiary/aromatic N) is 1. The van der Waals surface area contributed by atoms with Crippen molar-refractivity contribution in [3.63, 3.8) is 0 Å². The molecule has 1 N–H and O–H groups in total. The first-order chi connectivity index (χ1) is 8.54. The fourth-order valence-corrected chi connectivity index (χ4v) is 1.60. The Hall–Kier alpha value is -2.02. The molecule has 0 radical (unpaired) electrons.